The Balaban J connectivity index is 1.93. The Kier molecular flexibility index (Phi) is 4.99. The molecule has 0 aromatic heterocycles. The molecule has 1 aromatic carbocycles. The number of amides is 1. The summed E-state index contributed by atoms with van der Waals surface area (Å²) in [7, 11) is 0. The van der Waals surface area contributed by atoms with Crippen molar-refractivity contribution in [3.05, 3.63) is 28.7 Å². The molecule has 0 saturated carbocycles. The van der Waals surface area contributed by atoms with Crippen LogP contribution in [0, 0.1) is 5.92 Å². The summed E-state index contributed by atoms with van der Waals surface area (Å²) >= 11 is 3.39. The summed E-state index contributed by atoms with van der Waals surface area (Å²) in [6, 6.07) is 7.62. The molecule has 1 aliphatic heterocycles. The summed E-state index contributed by atoms with van der Waals surface area (Å²) < 4.78 is 1.02. The molecule has 1 heterocycles. The van der Waals surface area contributed by atoms with Crippen molar-refractivity contribution in [2.45, 2.75) is 32.7 Å². The highest BCUT2D eigenvalue weighted by molar-refractivity contribution is 9.10. The van der Waals surface area contributed by atoms with Gasteiger partial charge in [-0.2, -0.15) is 0 Å². The molecule has 104 valence electrons. The zero-order chi connectivity index (χ0) is 13.8. The number of anilines is 1. The molecule has 4 heteroatoms. The van der Waals surface area contributed by atoms with E-state index in [1.54, 1.807) is 0 Å². The van der Waals surface area contributed by atoms with Crippen molar-refractivity contribution >= 4 is 27.5 Å². The van der Waals surface area contributed by atoms with Gasteiger partial charge in [0.1, 0.15) is 0 Å². The molecule has 1 saturated heterocycles. The Morgan fingerprint density at radius 1 is 1.42 bits per heavy atom. The number of nitrogens with zero attached hydrogens (tertiary/aromatic N) is 1. The van der Waals surface area contributed by atoms with Crippen LogP contribution in [0.25, 0.3) is 0 Å². The van der Waals surface area contributed by atoms with Crippen LogP contribution in [0.4, 0.5) is 5.69 Å². The third kappa shape index (κ3) is 4.05. The second-order valence-corrected chi connectivity index (χ2v) is 6.33. The van der Waals surface area contributed by atoms with Crippen molar-refractivity contribution in [2.24, 2.45) is 5.92 Å². The van der Waals surface area contributed by atoms with Gasteiger partial charge in [0.25, 0.3) is 0 Å². The van der Waals surface area contributed by atoms with Crippen molar-refractivity contribution in [1.29, 1.82) is 0 Å². The zero-order valence-electron chi connectivity index (χ0n) is 11.5. The fourth-order valence-corrected chi connectivity index (χ4v) is 2.79. The van der Waals surface area contributed by atoms with Crippen LogP contribution in [-0.4, -0.2) is 29.9 Å². The highest BCUT2D eigenvalue weighted by Crippen LogP contribution is 2.19. The van der Waals surface area contributed by atoms with E-state index in [-0.39, 0.29) is 11.9 Å². The lowest BCUT2D eigenvalue weighted by molar-refractivity contribution is -0.121. The van der Waals surface area contributed by atoms with Gasteiger partial charge in [0, 0.05) is 16.7 Å². The molecule has 2 rings (SSSR count). The Morgan fingerprint density at radius 3 is 2.74 bits per heavy atom. The topological polar surface area (TPSA) is 32.3 Å². The molecule has 1 fully saturated rings. The molecular formula is C15H21BrN2O. The van der Waals surface area contributed by atoms with E-state index >= 15 is 0 Å². The predicted molar refractivity (Wildman–Crippen MR) is 82.2 cm³/mol. The van der Waals surface area contributed by atoms with Crippen LogP contribution in [0.3, 0.4) is 0 Å². The van der Waals surface area contributed by atoms with E-state index < -0.39 is 0 Å². The summed E-state index contributed by atoms with van der Waals surface area (Å²) in [4.78, 5) is 14.5. The molecular weight excluding hydrogens is 304 g/mol. The Morgan fingerprint density at radius 2 is 2.11 bits per heavy atom. The maximum absolute atomic E-state index is 12.2. The standard InChI is InChI=1S/C15H21BrN2O/c1-11-4-3-9-18(10-11)12(2)15(19)17-14-7-5-13(16)6-8-14/h5-8,11-12H,3-4,9-10H2,1-2H3,(H,17,19)/t11-,12-/m0/s1. The monoisotopic (exact) mass is 324 g/mol. The number of halogens is 1. The van der Waals surface area contributed by atoms with Crippen LogP contribution in [0.5, 0.6) is 0 Å². The van der Waals surface area contributed by atoms with Crippen LogP contribution in [-0.2, 0) is 4.79 Å². The summed E-state index contributed by atoms with van der Waals surface area (Å²) in [5.41, 5.74) is 0.852. The minimum Gasteiger partial charge on any atom is -0.325 e. The maximum atomic E-state index is 12.2. The molecule has 1 aliphatic rings. The zero-order valence-corrected chi connectivity index (χ0v) is 13.1. The molecule has 0 aliphatic carbocycles. The second kappa shape index (κ2) is 6.53. The SMILES string of the molecule is C[C@H]1CCCN([C@@H](C)C(=O)Nc2ccc(Br)cc2)C1. The summed E-state index contributed by atoms with van der Waals surface area (Å²) in [5.74, 6) is 0.771. The molecule has 3 nitrogen and oxygen atoms in total. The van der Waals surface area contributed by atoms with Crippen LogP contribution in [0.2, 0.25) is 0 Å². The highest BCUT2D eigenvalue weighted by Gasteiger charge is 2.25. The van der Waals surface area contributed by atoms with E-state index in [1.807, 2.05) is 31.2 Å². The van der Waals surface area contributed by atoms with E-state index in [1.165, 1.54) is 12.8 Å². The number of carbonyl (C=O) groups excluding carboxylic acids is 1. The Labute approximate surface area is 123 Å². The van der Waals surface area contributed by atoms with Crippen LogP contribution in [0.1, 0.15) is 26.7 Å². The molecule has 2 atom stereocenters. The first kappa shape index (κ1) is 14.5. The van der Waals surface area contributed by atoms with Crippen molar-refractivity contribution in [3.8, 4) is 0 Å². The maximum Gasteiger partial charge on any atom is 0.241 e. The number of carbonyl (C=O) groups is 1. The normalized spacial score (nSPS) is 21.9. The first-order chi connectivity index (χ1) is 9.06. The average Bonchev–Trinajstić information content (AvgIpc) is 2.40. The quantitative estimate of drug-likeness (QED) is 0.922. The molecule has 0 radical (unpaired) electrons. The van der Waals surface area contributed by atoms with Crippen molar-refractivity contribution < 1.29 is 4.79 Å². The van der Waals surface area contributed by atoms with Gasteiger partial charge in [-0.05, 0) is 56.5 Å². The number of hydrogen-bond donors (Lipinski definition) is 1. The van der Waals surface area contributed by atoms with Crippen molar-refractivity contribution in [2.75, 3.05) is 18.4 Å². The molecule has 0 bridgehead atoms. The predicted octanol–water partition coefficient (Wildman–Crippen LogP) is 3.51. The van der Waals surface area contributed by atoms with Crippen molar-refractivity contribution in [1.82, 2.24) is 4.90 Å². The van der Waals surface area contributed by atoms with Crippen LogP contribution >= 0.6 is 15.9 Å². The average molecular weight is 325 g/mol. The van der Waals surface area contributed by atoms with E-state index in [4.69, 9.17) is 0 Å². The minimum atomic E-state index is -0.0635. The van der Waals surface area contributed by atoms with Gasteiger partial charge >= 0.3 is 0 Å². The van der Waals surface area contributed by atoms with Gasteiger partial charge in [0.15, 0.2) is 0 Å². The number of hydrogen-bond acceptors (Lipinski definition) is 2. The molecule has 1 amide bonds. The summed E-state index contributed by atoms with van der Waals surface area (Å²) in [6.45, 7) is 6.30. The third-order valence-electron chi connectivity index (χ3n) is 3.73. The number of nitrogens with one attached hydrogen (secondary N) is 1. The van der Waals surface area contributed by atoms with E-state index in [0.717, 1.165) is 23.2 Å². The first-order valence-corrected chi connectivity index (χ1v) is 7.66. The number of rotatable bonds is 3. The van der Waals surface area contributed by atoms with Gasteiger partial charge in [-0.1, -0.05) is 22.9 Å². The Hall–Kier alpha value is -0.870. The first-order valence-electron chi connectivity index (χ1n) is 6.87. The minimum absolute atomic E-state index is 0.0635. The molecule has 1 N–H and O–H groups in total. The fraction of sp³-hybridized carbons (Fsp3) is 0.533. The molecule has 19 heavy (non-hydrogen) atoms. The fourth-order valence-electron chi connectivity index (χ4n) is 2.52. The lowest BCUT2D eigenvalue weighted by Crippen LogP contribution is -2.46. The van der Waals surface area contributed by atoms with Gasteiger partial charge in [-0.3, -0.25) is 9.69 Å². The van der Waals surface area contributed by atoms with Gasteiger partial charge in [-0.15, -0.1) is 0 Å². The molecule has 0 unspecified atom stereocenters. The van der Waals surface area contributed by atoms with Crippen molar-refractivity contribution in [3.63, 3.8) is 0 Å². The van der Waals surface area contributed by atoms with Gasteiger partial charge in [0.05, 0.1) is 6.04 Å². The third-order valence-corrected chi connectivity index (χ3v) is 4.26. The second-order valence-electron chi connectivity index (χ2n) is 5.41. The smallest absolute Gasteiger partial charge is 0.241 e. The highest BCUT2D eigenvalue weighted by atomic mass is 79.9. The number of benzene rings is 1. The lowest BCUT2D eigenvalue weighted by atomic mass is 9.99. The van der Waals surface area contributed by atoms with Gasteiger partial charge < -0.3 is 5.32 Å². The van der Waals surface area contributed by atoms with Gasteiger partial charge in [-0.25, -0.2) is 0 Å². The lowest BCUT2D eigenvalue weighted by Gasteiger charge is -2.34. The largest absolute Gasteiger partial charge is 0.325 e. The van der Waals surface area contributed by atoms with E-state index in [0.29, 0.717) is 5.92 Å². The van der Waals surface area contributed by atoms with Crippen LogP contribution in [0.15, 0.2) is 28.7 Å². The number of likely N-dealkylation sites (tertiary alicyclic amines) is 1. The van der Waals surface area contributed by atoms with E-state index in [9.17, 15) is 4.79 Å². The summed E-state index contributed by atoms with van der Waals surface area (Å²) in [6.07, 6.45) is 2.47. The molecule has 1 aromatic rings. The van der Waals surface area contributed by atoms with Crippen LogP contribution < -0.4 is 5.32 Å². The van der Waals surface area contributed by atoms with Gasteiger partial charge in [0.2, 0.25) is 5.91 Å². The molecule has 0 spiro atoms. The Bertz CT molecular complexity index is 432. The number of piperidine rings is 1. The van der Waals surface area contributed by atoms with E-state index in [2.05, 4.69) is 33.1 Å². The summed E-state index contributed by atoms with van der Waals surface area (Å²) in [5, 5.41) is 2.98.